The Morgan fingerprint density at radius 1 is 1.09 bits per heavy atom. The number of benzene rings is 2. The molecule has 174 valence electrons. The van der Waals surface area contributed by atoms with Gasteiger partial charge in [0.2, 0.25) is 0 Å². The van der Waals surface area contributed by atoms with E-state index in [1.165, 1.54) is 18.2 Å². The summed E-state index contributed by atoms with van der Waals surface area (Å²) in [5, 5.41) is 2.97. The fourth-order valence-electron chi connectivity index (χ4n) is 3.33. The first-order valence-corrected chi connectivity index (χ1v) is 11.0. The largest absolute Gasteiger partial charge is 0.573 e. The summed E-state index contributed by atoms with van der Waals surface area (Å²) in [4.78, 5) is 17.2. The van der Waals surface area contributed by atoms with E-state index in [2.05, 4.69) is 15.0 Å². The molecule has 1 N–H and O–H groups in total. The molecule has 1 aromatic heterocycles. The summed E-state index contributed by atoms with van der Waals surface area (Å²) in [6.45, 7) is 9.74. The first kappa shape index (κ1) is 23.5. The number of anilines is 1. The van der Waals surface area contributed by atoms with Crippen LogP contribution >= 0.6 is 11.3 Å². The lowest BCUT2D eigenvalue weighted by atomic mass is 9.75. The Hall–Kier alpha value is -2.63. The highest BCUT2D eigenvalue weighted by molar-refractivity contribution is 7.22. The maximum atomic E-state index is 12.9. The number of ether oxygens (including phenoxy) is 1. The monoisotopic (exact) mass is 478 g/mol. The van der Waals surface area contributed by atoms with Crippen LogP contribution in [0.2, 0.25) is 0 Å². The summed E-state index contributed by atoms with van der Waals surface area (Å²) >= 11 is 1.05. The summed E-state index contributed by atoms with van der Waals surface area (Å²) in [5.41, 5.74) is 1.47. The van der Waals surface area contributed by atoms with Crippen LogP contribution in [0.15, 0.2) is 36.4 Å². The van der Waals surface area contributed by atoms with E-state index in [4.69, 9.17) is 9.31 Å². The molecular formula is C22H22BF3N2O4S. The van der Waals surface area contributed by atoms with Crippen LogP contribution in [0.25, 0.3) is 10.2 Å². The lowest BCUT2D eigenvalue weighted by Crippen LogP contribution is -2.41. The predicted octanol–water partition coefficient (Wildman–Crippen LogP) is 5.05. The summed E-state index contributed by atoms with van der Waals surface area (Å²) in [6, 6.07) is 9.03. The van der Waals surface area contributed by atoms with Gasteiger partial charge in [0.25, 0.3) is 5.91 Å². The Balaban J connectivity index is 1.54. The van der Waals surface area contributed by atoms with E-state index in [9.17, 15) is 18.0 Å². The first-order chi connectivity index (χ1) is 15.2. The number of carbonyl (C=O) groups excluding carboxylic acids is 1. The van der Waals surface area contributed by atoms with Crippen molar-refractivity contribution in [3.8, 4) is 5.75 Å². The van der Waals surface area contributed by atoms with Crippen molar-refractivity contribution in [3.63, 3.8) is 0 Å². The summed E-state index contributed by atoms with van der Waals surface area (Å²) in [5.74, 6) is -0.749. The summed E-state index contributed by atoms with van der Waals surface area (Å²) < 4.78 is 54.0. The van der Waals surface area contributed by atoms with E-state index in [1.807, 2.05) is 40.7 Å². The molecule has 1 saturated heterocycles. The molecule has 0 bridgehead atoms. The number of aromatic nitrogens is 1. The molecule has 6 nitrogen and oxygen atoms in total. The van der Waals surface area contributed by atoms with Crippen molar-refractivity contribution in [2.75, 3.05) is 5.32 Å². The average Bonchev–Trinajstić information content (AvgIpc) is 3.16. The van der Waals surface area contributed by atoms with Crippen LogP contribution in [0.1, 0.15) is 43.6 Å². The lowest BCUT2D eigenvalue weighted by molar-refractivity contribution is -0.274. The molecule has 1 aliphatic rings. The van der Waals surface area contributed by atoms with E-state index in [-0.39, 0.29) is 10.9 Å². The highest BCUT2D eigenvalue weighted by atomic mass is 32.1. The number of thiazole rings is 1. The number of alkyl halides is 3. The highest BCUT2D eigenvalue weighted by Gasteiger charge is 2.52. The molecule has 2 heterocycles. The Kier molecular flexibility index (Phi) is 5.70. The zero-order valence-corrected chi connectivity index (χ0v) is 19.5. The van der Waals surface area contributed by atoms with Gasteiger partial charge in [-0.15, -0.1) is 13.2 Å². The van der Waals surface area contributed by atoms with Crippen molar-refractivity contribution in [3.05, 3.63) is 47.5 Å². The van der Waals surface area contributed by atoms with Gasteiger partial charge in [-0.1, -0.05) is 23.0 Å². The zero-order valence-electron chi connectivity index (χ0n) is 18.7. The van der Waals surface area contributed by atoms with Gasteiger partial charge in [0.15, 0.2) is 5.13 Å². The molecule has 1 amide bonds. The van der Waals surface area contributed by atoms with Crippen LogP contribution in [0.4, 0.5) is 18.3 Å². The fourth-order valence-corrected chi connectivity index (χ4v) is 4.22. The number of hydrogen-bond acceptors (Lipinski definition) is 6. The molecule has 3 aromatic rings. The van der Waals surface area contributed by atoms with E-state index in [0.29, 0.717) is 15.8 Å². The Labute approximate surface area is 193 Å². The fraction of sp³-hybridized carbons (Fsp3) is 0.364. The van der Waals surface area contributed by atoms with Crippen molar-refractivity contribution in [1.29, 1.82) is 0 Å². The minimum Gasteiger partial charge on any atom is -0.406 e. The maximum Gasteiger partial charge on any atom is 0.573 e. The van der Waals surface area contributed by atoms with Crippen LogP contribution in [-0.4, -0.2) is 35.6 Å². The zero-order chi connectivity index (χ0) is 24.2. The van der Waals surface area contributed by atoms with Crippen LogP contribution in [0, 0.1) is 6.92 Å². The number of nitrogens with one attached hydrogen (secondary N) is 1. The third-order valence-corrected chi connectivity index (χ3v) is 6.80. The van der Waals surface area contributed by atoms with Crippen molar-refractivity contribution in [2.45, 2.75) is 52.2 Å². The van der Waals surface area contributed by atoms with Crippen molar-refractivity contribution >= 4 is 45.2 Å². The molecule has 11 heteroatoms. The second kappa shape index (κ2) is 8.00. The smallest absolute Gasteiger partial charge is 0.406 e. The average molecular weight is 478 g/mol. The quantitative estimate of drug-likeness (QED) is 0.532. The SMILES string of the molecule is Cc1ccc(C(=O)Nc2nc3ccc(OC(F)(F)F)cc3s2)cc1B1OC(C)(C)C(C)(C)O1. The second-order valence-electron chi connectivity index (χ2n) is 8.81. The van der Waals surface area contributed by atoms with Crippen molar-refractivity contribution in [2.24, 2.45) is 0 Å². The van der Waals surface area contributed by atoms with Gasteiger partial charge in [-0.05, 0) is 64.3 Å². The second-order valence-corrected chi connectivity index (χ2v) is 9.84. The summed E-state index contributed by atoms with van der Waals surface area (Å²) in [7, 11) is -0.614. The van der Waals surface area contributed by atoms with Crippen molar-refractivity contribution in [1.82, 2.24) is 4.98 Å². The van der Waals surface area contributed by atoms with Crippen molar-refractivity contribution < 1.29 is 32.0 Å². The third-order valence-electron chi connectivity index (χ3n) is 5.86. The van der Waals surface area contributed by atoms with Gasteiger partial charge in [-0.25, -0.2) is 4.98 Å². The molecule has 1 fully saturated rings. The van der Waals surface area contributed by atoms with E-state index in [1.54, 1.807) is 12.1 Å². The van der Waals surface area contributed by atoms with Gasteiger partial charge in [-0.3, -0.25) is 10.1 Å². The standard InChI is InChI=1S/C22H22BF3N2O4S/c1-12-6-7-13(10-15(12)23-31-20(2,3)21(4,5)32-23)18(29)28-19-27-16-9-8-14(11-17(16)33-19)30-22(24,25)26/h6-11H,1-5H3,(H,27,28,29). The molecule has 1 aliphatic heterocycles. The van der Waals surface area contributed by atoms with Crippen LogP contribution in [0.5, 0.6) is 5.75 Å². The molecule has 0 radical (unpaired) electrons. The molecule has 0 spiro atoms. The van der Waals surface area contributed by atoms with Gasteiger partial charge in [0.05, 0.1) is 21.4 Å². The number of carbonyl (C=O) groups is 1. The molecule has 2 aromatic carbocycles. The van der Waals surface area contributed by atoms with E-state index < -0.39 is 30.6 Å². The molecule has 0 aliphatic carbocycles. The molecule has 0 unspecified atom stereocenters. The highest BCUT2D eigenvalue weighted by Crippen LogP contribution is 2.37. The number of fused-ring (bicyclic) bond motifs is 1. The molecule has 0 saturated carbocycles. The number of nitrogens with zero attached hydrogens (tertiary/aromatic N) is 1. The van der Waals surface area contributed by atoms with Gasteiger partial charge >= 0.3 is 13.5 Å². The van der Waals surface area contributed by atoms with Crippen LogP contribution < -0.4 is 15.5 Å². The predicted molar refractivity (Wildman–Crippen MR) is 121 cm³/mol. The minimum atomic E-state index is -4.78. The van der Waals surface area contributed by atoms with E-state index >= 15 is 0 Å². The number of amides is 1. The Morgan fingerprint density at radius 3 is 2.39 bits per heavy atom. The first-order valence-electron chi connectivity index (χ1n) is 10.2. The Bertz CT molecular complexity index is 1210. The number of aryl methyl sites for hydroxylation is 1. The van der Waals surface area contributed by atoms with E-state index in [0.717, 1.165) is 22.4 Å². The third kappa shape index (κ3) is 4.85. The molecule has 4 rings (SSSR count). The number of halogens is 3. The number of rotatable bonds is 4. The lowest BCUT2D eigenvalue weighted by Gasteiger charge is -2.32. The van der Waals surface area contributed by atoms with Gasteiger partial charge in [0, 0.05) is 11.6 Å². The minimum absolute atomic E-state index is 0.261. The Morgan fingerprint density at radius 2 is 1.76 bits per heavy atom. The molecule has 0 atom stereocenters. The van der Waals surface area contributed by atoms with Gasteiger partial charge in [-0.2, -0.15) is 0 Å². The van der Waals surface area contributed by atoms with Gasteiger partial charge in [0.1, 0.15) is 5.75 Å². The topological polar surface area (TPSA) is 69.7 Å². The molecular weight excluding hydrogens is 456 g/mol. The van der Waals surface area contributed by atoms with Crippen LogP contribution in [-0.2, 0) is 9.31 Å². The van der Waals surface area contributed by atoms with Crippen LogP contribution in [0.3, 0.4) is 0 Å². The number of hydrogen-bond donors (Lipinski definition) is 1. The summed E-state index contributed by atoms with van der Waals surface area (Å²) in [6.07, 6.45) is -4.78. The molecule has 33 heavy (non-hydrogen) atoms. The maximum absolute atomic E-state index is 12.9. The normalized spacial score (nSPS) is 17.4. The van der Waals surface area contributed by atoms with Gasteiger partial charge < -0.3 is 14.0 Å².